The lowest BCUT2D eigenvalue weighted by Gasteiger charge is -2.32. The van der Waals surface area contributed by atoms with E-state index >= 15 is 0 Å². The number of hydrogen-bond donors (Lipinski definition) is 1. The van der Waals surface area contributed by atoms with E-state index in [9.17, 15) is 14.4 Å². The lowest BCUT2D eigenvalue weighted by Crippen LogP contribution is -2.48. The summed E-state index contributed by atoms with van der Waals surface area (Å²) in [7, 11) is 1.55. The number of carbonyl (C=O) groups is 3. The number of rotatable bonds is 5. The summed E-state index contributed by atoms with van der Waals surface area (Å²) in [6, 6.07) is 4.81. The smallest absolute Gasteiger partial charge is 0.289 e. The molecule has 26 heavy (non-hydrogen) atoms. The van der Waals surface area contributed by atoms with Gasteiger partial charge in [0, 0.05) is 26.2 Å². The van der Waals surface area contributed by atoms with Crippen molar-refractivity contribution in [1.29, 1.82) is 0 Å². The van der Waals surface area contributed by atoms with Gasteiger partial charge in [-0.2, -0.15) is 0 Å². The lowest BCUT2D eigenvalue weighted by molar-refractivity contribution is -0.122. The lowest BCUT2D eigenvalue weighted by atomic mass is 10.0. The molecule has 8 heteroatoms. The zero-order valence-corrected chi connectivity index (χ0v) is 14.5. The normalized spacial score (nSPS) is 14.9. The van der Waals surface area contributed by atoms with E-state index in [1.54, 1.807) is 30.1 Å². The number of hydrogen-bond acceptors (Lipinski definition) is 5. The summed E-state index contributed by atoms with van der Waals surface area (Å²) < 4.78 is 9.99. The van der Waals surface area contributed by atoms with Gasteiger partial charge in [-0.05, 0) is 31.0 Å². The first-order valence-electron chi connectivity index (χ1n) is 8.44. The molecule has 0 aliphatic carbocycles. The molecule has 2 aromatic heterocycles. The molecular formula is C18H21N3O5. The molecule has 3 heterocycles. The largest absolute Gasteiger partial charge is 0.472 e. The van der Waals surface area contributed by atoms with Crippen LogP contribution in [0.15, 0.2) is 45.8 Å². The molecule has 1 N–H and O–H groups in total. The van der Waals surface area contributed by atoms with Gasteiger partial charge in [0.1, 0.15) is 6.26 Å². The standard InChI is InChI=1S/C18H21N3O5/c1-20(18(24)15-3-2-9-26-15)11-16(22)19-14-4-7-21(8-5-14)17(23)13-6-10-25-12-13/h2-3,6,9-10,12,14H,4-5,7-8,11H2,1H3,(H,19,22). The van der Waals surface area contributed by atoms with Crippen LogP contribution in [-0.2, 0) is 4.79 Å². The summed E-state index contributed by atoms with van der Waals surface area (Å²) in [6.45, 7) is 1.08. The van der Waals surface area contributed by atoms with Gasteiger partial charge in [-0.3, -0.25) is 14.4 Å². The van der Waals surface area contributed by atoms with E-state index in [4.69, 9.17) is 8.83 Å². The van der Waals surface area contributed by atoms with Crippen LogP contribution in [-0.4, -0.2) is 60.2 Å². The Morgan fingerprint density at radius 2 is 2.00 bits per heavy atom. The highest BCUT2D eigenvalue weighted by molar-refractivity contribution is 5.94. The second-order valence-electron chi connectivity index (χ2n) is 6.28. The Bertz CT molecular complexity index is 746. The van der Waals surface area contributed by atoms with Gasteiger partial charge < -0.3 is 24.0 Å². The summed E-state index contributed by atoms with van der Waals surface area (Å²) in [6.07, 6.45) is 5.67. The van der Waals surface area contributed by atoms with Gasteiger partial charge in [0.2, 0.25) is 5.91 Å². The predicted molar refractivity (Wildman–Crippen MR) is 91.4 cm³/mol. The van der Waals surface area contributed by atoms with Crippen molar-refractivity contribution < 1.29 is 23.2 Å². The van der Waals surface area contributed by atoms with Gasteiger partial charge in [-0.1, -0.05) is 0 Å². The molecule has 0 aromatic carbocycles. The van der Waals surface area contributed by atoms with Crippen LogP contribution in [0.4, 0.5) is 0 Å². The summed E-state index contributed by atoms with van der Waals surface area (Å²) in [5.41, 5.74) is 0.533. The van der Waals surface area contributed by atoms with E-state index in [0.29, 0.717) is 31.5 Å². The van der Waals surface area contributed by atoms with Crippen LogP contribution in [0, 0.1) is 0 Å². The minimum Gasteiger partial charge on any atom is -0.472 e. The van der Waals surface area contributed by atoms with Crippen LogP contribution in [0.25, 0.3) is 0 Å². The van der Waals surface area contributed by atoms with Crippen LogP contribution < -0.4 is 5.32 Å². The molecular weight excluding hydrogens is 338 g/mol. The highest BCUT2D eigenvalue weighted by Gasteiger charge is 2.26. The third-order valence-electron chi connectivity index (χ3n) is 4.37. The van der Waals surface area contributed by atoms with Crippen LogP contribution in [0.3, 0.4) is 0 Å². The zero-order valence-electron chi connectivity index (χ0n) is 14.5. The highest BCUT2D eigenvalue weighted by Crippen LogP contribution is 2.14. The number of nitrogens with one attached hydrogen (secondary N) is 1. The van der Waals surface area contributed by atoms with Crippen molar-refractivity contribution >= 4 is 17.7 Å². The third kappa shape index (κ3) is 4.14. The Kier molecular flexibility index (Phi) is 5.40. The zero-order chi connectivity index (χ0) is 18.5. The van der Waals surface area contributed by atoms with Gasteiger partial charge >= 0.3 is 0 Å². The molecule has 138 valence electrons. The van der Waals surface area contributed by atoms with Crippen LogP contribution in [0.5, 0.6) is 0 Å². The maximum absolute atomic E-state index is 12.2. The maximum Gasteiger partial charge on any atom is 0.289 e. The molecule has 0 spiro atoms. The molecule has 0 saturated carbocycles. The molecule has 0 unspecified atom stereocenters. The third-order valence-corrected chi connectivity index (χ3v) is 4.37. The summed E-state index contributed by atoms with van der Waals surface area (Å²) >= 11 is 0. The van der Waals surface area contributed by atoms with Crippen molar-refractivity contribution in [1.82, 2.24) is 15.1 Å². The Labute approximate surface area is 150 Å². The van der Waals surface area contributed by atoms with E-state index in [0.717, 1.165) is 0 Å². The number of piperidine rings is 1. The topological polar surface area (TPSA) is 96.0 Å². The summed E-state index contributed by atoms with van der Waals surface area (Å²) in [5, 5.41) is 2.92. The molecule has 3 rings (SSSR count). The summed E-state index contributed by atoms with van der Waals surface area (Å²) in [4.78, 5) is 39.5. The number of likely N-dealkylation sites (N-methyl/N-ethyl adjacent to an activating group) is 1. The molecule has 1 aliphatic rings. The molecule has 3 amide bonds. The van der Waals surface area contributed by atoms with E-state index in [-0.39, 0.29) is 36.1 Å². The Hall–Kier alpha value is -3.03. The summed E-state index contributed by atoms with van der Waals surface area (Å²) in [5.74, 6) is -0.434. The fraction of sp³-hybridized carbons (Fsp3) is 0.389. The minimum absolute atomic E-state index is 0.0111. The molecule has 1 saturated heterocycles. The second kappa shape index (κ2) is 7.90. The monoisotopic (exact) mass is 359 g/mol. The van der Waals surface area contributed by atoms with Crippen LogP contribution >= 0.6 is 0 Å². The fourth-order valence-electron chi connectivity index (χ4n) is 2.94. The maximum atomic E-state index is 12.2. The van der Waals surface area contributed by atoms with Crippen molar-refractivity contribution in [3.05, 3.63) is 48.3 Å². The Balaban J connectivity index is 1.43. The molecule has 1 fully saturated rings. The number of likely N-dealkylation sites (tertiary alicyclic amines) is 1. The SMILES string of the molecule is CN(CC(=O)NC1CCN(C(=O)c2ccoc2)CC1)C(=O)c1ccco1. The number of amides is 3. The quantitative estimate of drug-likeness (QED) is 0.870. The van der Waals surface area contributed by atoms with Crippen molar-refractivity contribution in [3.8, 4) is 0 Å². The second-order valence-corrected chi connectivity index (χ2v) is 6.28. The highest BCUT2D eigenvalue weighted by atomic mass is 16.3. The first-order valence-corrected chi connectivity index (χ1v) is 8.44. The van der Waals surface area contributed by atoms with Crippen molar-refractivity contribution in [2.24, 2.45) is 0 Å². The number of carbonyl (C=O) groups excluding carboxylic acids is 3. The average Bonchev–Trinajstić information content (AvgIpc) is 3.34. The molecule has 0 bridgehead atoms. The Morgan fingerprint density at radius 3 is 2.62 bits per heavy atom. The minimum atomic E-state index is -0.342. The van der Waals surface area contributed by atoms with Crippen molar-refractivity contribution in [3.63, 3.8) is 0 Å². The van der Waals surface area contributed by atoms with E-state index in [1.165, 1.54) is 23.7 Å². The van der Waals surface area contributed by atoms with Crippen molar-refractivity contribution in [2.75, 3.05) is 26.7 Å². The molecule has 0 atom stereocenters. The van der Waals surface area contributed by atoms with Crippen LogP contribution in [0.2, 0.25) is 0 Å². The van der Waals surface area contributed by atoms with Crippen LogP contribution in [0.1, 0.15) is 33.8 Å². The number of furan rings is 2. The first kappa shape index (κ1) is 17.8. The van der Waals surface area contributed by atoms with Gasteiger partial charge in [0.25, 0.3) is 11.8 Å². The molecule has 2 aromatic rings. The van der Waals surface area contributed by atoms with Gasteiger partial charge in [0.15, 0.2) is 5.76 Å². The molecule has 0 radical (unpaired) electrons. The van der Waals surface area contributed by atoms with Gasteiger partial charge in [0.05, 0.1) is 24.6 Å². The van der Waals surface area contributed by atoms with Gasteiger partial charge in [-0.15, -0.1) is 0 Å². The first-order chi connectivity index (χ1) is 12.5. The van der Waals surface area contributed by atoms with E-state index in [1.807, 2.05) is 0 Å². The van der Waals surface area contributed by atoms with E-state index in [2.05, 4.69) is 5.32 Å². The van der Waals surface area contributed by atoms with Crippen molar-refractivity contribution in [2.45, 2.75) is 18.9 Å². The number of nitrogens with zero attached hydrogens (tertiary/aromatic N) is 2. The Morgan fingerprint density at radius 1 is 1.23 bits per heavy atom. The average molecular weight is 359 g/mol. The predicted octanol–water partition coefficient (Wildman–Crippen LogP) is 1.37. The molecule has 1 aliphatic heterocycles. The fourth-order valence-corrected chi connectivity index (χ4v) is 2.94. The molecule has 8 nitrogen and oxygen atoms in total. The van der Waals surface area contributed by atoms with Gasteiger partial charge in [-0.25, -0.2) is 0 Å². The van der Waals surface area contributed by atoms with E-state index < -0.39 is 0 Å².